The molecule has 0 aromatic carbocycles. The zero-order chi connectivity index (χ0) is 40.0. The standard InChI is InChI=1S/C44H85AsO8P/c1-6-8-10-12-14-16-18-20-22-24-26-28-30-32-34-36-43(46)50-40-42(41-52-54(48,49)51-39-38-45(3,4)5)53-44(47)37-35-33-31-29-27-25-23-21-19-17-15-13-11-9-7-2/h20-23,42H,6-19,24-41H2,1-5H3,(H,48,49)/b22-20-,23-21-. The van der Waals surface area contributed by atoms with Crippen LogP contribution in [0.1, 0.15) is 194 Å². The molecule has 1 N–H and O–H groups in total. The summed E-state index contributed by atoms with van der Waals surface area (Å²) in [4.78, 5) is 35.4. The normalized spacial score (nSPS) is 13.8. The summed E-state index contributed by atoms with van der Waals surface area (Å²) in [6.07, 6.45) is 39.4. The number of allylic oxidation sites excluding steroid dienone is 4. The van der Waals surface area contributed by atoms with E-state index in [-0.39, 0.29) is 38.6 Å². The van der Waals surface area contributed by atoms with Gasteiger partial charge in [0.15, 0.2) is 0 Å². The van der Waals surface area contributed by atoms with Gasteiger partial charge in [-0.2, -0.15) is 0 Å². The van der Waals surface area contributed by atoms with Crippen molar-refractivity contribution >= 4 is 33.3 Å². The minimum Gasteiger partial charge on any atom is -0.0885 e. The molecule has 0 spiro atoms. The first-order valence-electron chi connectivity index (χ1n) is 22.1. The van der Waals surface area contributed by atoms with Crippen LogP contribution in [-0.4, -0.2) is 56.3 Å². The van der Waals surface area contributed by atoms with E-state index in [2.05, 4.69) is 55.3 Å². The van der Waals surface area contributed by atoms with Crippen molar-refractivity contribution in [1.29, 1.82) is 0 Å². The summed E-state index contributed by atoms with van der Waals surface area (Å²) in [6.45, 7) is 4.03. The van der Waals surface area contributed by atoms with Crippen molar-refractivity contribution < 1.29 is 37.6 Å². The molecule has 0 rings (SSSR count). The second-order valence-corrected chi connectivity index (χ2v) is 28.1. The Kier molecular flexibility index (Phi) is 37.0. The summed E-state index contributed by atoms with van der Waals surface area (Å²) in [5.74, 6) is -0.797. The van der Waals surface area contributed by atoms with Gasteiger partial charge in [-0.15, -0.1) is 0 Å². The number of carbonyl (C=O) groups excluding carboxylic acids is 2. The predicted octanol–water partition coefficient (Wildman–Crippen LogP) is 14.0. The Balaban J connectivity index is 4.38. The molecule has 54 heavy (non-hydrogen) atoms. The minimum atomic E-state index is -4.34. The molecule has 0 aliphatic heterocycles. The Morgan fingerprint density at radius 3 is 1.37 bits per heavy atom. The van der Waals surface area contributed by atoms with Gasteiger partial charge in [0.2, 0.25) is 0 Å². The number of unbranched alkanes of at least 4 members (excludes halogenated alkanes) is 22. The van der Waals surface area contributed by atoms with E-state index in [0.717, 1.165) is 69.4 Å². The van der Waals surface area contributed by atoms with Crippen LogP contribution in [0.2, 0.25) is 22.3 Å². The minimum absolute atomic E-state index is 0.134. The molecule has 1 radical (unpaired) electrons. The van der Waals surface area contributed by atoms with E-state index in [1.807, 2.05) is 0 Å². The molecule has 0 saturated carbocycles. The zero-order valence-electron chi connectivity index (χ0n) is 35.7. The predicted molar refractivity (Wildman–Crippen MR) is 230 cm³/mol. The SMILES string of the molecule is CCCCCCCC/C=C\CCCCCCCC(=O)OCC(COP(=O)(O)OCC[As](C)(C)C)OC(=O)CCCCCCC/C=C\CCCCCCCC. The van der Waals surface area contributed by atoms with Gasteiger partial charge in [-0.1, -0.05) is 134 Å². The van der Waals surface area contributed by atoms with Crippen LogP contribution in [0.4, 0.5) is 0 Å². The quantitative estimate of drug-likeness (QED) is 0.0213. The maximum absolute atomic E-state index is 12.7. The third kappa shape index (κ3) is 40.7. The number of hydrogen-bond acceptors (Lipinski definition) is 7. The van der Waals surface area contributed by atoms with E-state index in [9.17, 15) is 19.0 Å². The second-order valence-electron chi connectivity index (χ2n) is 16.1. The first kappa shape index (κ1) is 53.1. The average Bonchev–Trinajstić information content (AvgIpc) is 3.12. The van der Waals surface area contributed by atoms with Gasteiger partial charge in [0.25, 0.3) is 0 Å². The summed E-state index contributed by atoms with van der Waals surface area (Å²) in [5.41, 5.74) is 6.55. The molecule has 0 aliphatic carbocycles. The molecule has 0 bridgehead atoms. The Bertz CT molecular complexity index is 980. The van der Waals surface area contributed by atoms with Crippen molar-refractivity contribution in [2.75, 3.05) is 19.8 Å². The smallest absolute Gasteiger partial charge is 0.0885 e. The van der Waals surface area contributed by atoms with Crippen LogP contribution >= 0.6 is 7.82 Å². The number of carbonyl (C=O) groups is 2. The van der Waals surface area contributed by atoms with Gasteiger partial charge >= 0.3 is 151 Å². The third-order valence-corrected chi connectivity index (χ3v) is 13.6. The van der Waals surface area contributed by atoms with Crippen LogP contribution in [0.25, 0.3) is 0 Å². The van der Waals surface area contributed by atoms with Gasteiger partial charge in [-0.25, -0.2) is 0 Å². The Morgan fingerprint density at radius 1 is 0.556 bits per heavy atom. The van der Waals surface area contributed by atoms with Crippen LogP contribution in [0.5, 0.6) is 0 Å². The molecule has 0 aromatic rings. The van der Waals surface area contributed by atoms with Crippen molar-refractivity contribution in [3.05, 3.63) is 24.3 Å². The molecular weight excluding hydrogens is 762 g/mol. The molecule has 319 valence electrons. The molecule has 0 aromatic heterocycles. The monoisotopic (exact) mass is 848 g/mol. The van der Waals surface area contributed by atoms with Gasteiger partial charge < -0.3 is 0 Å². The Hall–Kier alpha value is -0.912. The fourth-order valence-corrected chi connectivity index (χ4v) is 8.35. The number of phosphoric acid groups is 1. The van der Waals surface area contributed by atoms with Gasteiger partial charge in [0, 0.05) is 0 Å². The number of esters is 2. The summed E-state index contributed by atoms with van der Waals surface area (Å²) in [5, 5.41) is 0.745. The van der Waals surface area contributed by atoms with Crippen molar-refractivity contribution in [2.45, 2.75) is 222 Å². The number of phosphoric ester groups is 1. The number of ether oxygens (including phenoxy) is 2. The maximum atomic E-state index is 12.7. The molecular formula is C44H85AsO8P. The molecule has 10 heteroatoms. The molecule has 2 atom stereocenters. The van der Waals surface area contributed by atoms with Gasteiger partial charge in [-0.3, -0.25) is 0 Å². The van der Waals surface area contributed by atoms with E-state index in [0.29, 0.717) is 6.42 Å². The summed E-state index contributed by atoms with van der Waals surface area (Å²) in [6, 6.07) is 0. The van der Waals surface area contributed by atoms with Crippen LogP contribution in [0.3, 0.4) is 0 Å². The van der Waals surface area contributed by atoms with Crippen molar-refractivity contribution in [2.24, 2.45) is 0 Å². The van der Waals surface area contributed by atoms with Crippen molar-refractivity contribution in [1.82, 2.24) is 0 Å². The topological polar surface area (TPSA) is 108 Å². The number of hydrogen-bond donors (Lipinski definition) is 1. The van der Waals surface area contributed by atoms with Crippen LogP contribution < -0.4 is 0 Å². The zero-order valence-corrected chi connectivity index (χ0v) is 38.5. The van der Waals surface area contributed by atoms with Gasteiger partial charge in [0.05, 0.1) is 0 Å². The van der Waals surface area contributed by atoms with Crippen LogP contribution in [0.15, 0.2) is 24.3 Å². The fourth-order valence-electron chi connectivity index (χ4n) is 5.94. The van der Waals surface area contributed by atoms with E-state index in [1.165, 1.54) is 96.3 Å². The molecule has 0 heterocycles. The molecule has 8 nitrogen and oxygen atoms in total. The van der Waals surface area contributed by atoms with E-state index in [1.54, 1.807) is 0 Å². The van der Waals surface area contributed by atoms with E-state index in [4.69, 9.17) is 18.5 Å². The molecule has 0 amide bonds. The van der Waals surface area contributed by atoms with Gasteiger partial charge in [-0.05, 0) is 51.4 Å². The van der Waals surface area contributed by atoms with Crippen molar-refractivity contribution in [3.63, 3.8) is 0 Å². The Morgan fingerprint density at radius 2 is 0.944 bits per heavy atom. The fraction of sp³-hybridized carbons (Fsp3) is 0.864. The van der Waals surface area contributed by atoms with Crippen LogP contribution in [-0.2, 0) is 32.7 Å². The second kappa shape index (κ2) is 37.7. The first-order chi connectivity index (χ1) is 26.0. The van der Waals surface area contributed by atoms with E-state index < -0.39 is 33.4 Å². The molecule has 0 fully saturated rings. The molecule has 2 unspecified atom stereocenters. The Labute approximate surface area is 335 Å². The van der Waals surface area contributed by atoms with E-state index >= 15 is 0 Å². The summed E-state index contributed by atoms with van der Waals surface area (Å²) in [7, 11) is -4.34. The summed E-state index contributed by atoms with van der Waals surface area (Å²) < 4.78 is 33.8. The molecule has 0 aliphatic rings. The number of rotatable bonds is 40. The average molecular weight is 848 g/mol. The third-order valence-electron chi connectivity index (χ3n) is 9.45. The van der Waals surface area contributed by atoms with Gasteiger partial charge in [0.1, 0.15) is 0 Å². The summed E-state index contributed by atoms with van der Waals surface area (Å²) >= 11 is -1.80. The molecule has 0 saturated heterocycles. The van der Waals surface area contributed by atoms with Crippen LogP contribution in [0, 0.1) is 0 Å². The van der Waals surface area contributed by atoms with Crippen molar-refractivity contribution in [3.8, 4) is 0 Å². The first-order valence-corrected chi connectivity index (χ1v) is 30.5.